The third-order valence-electron chi connectivity index (χ3n) is 4.45. The molecule has 3 rings (SSSR count). The number of pyridine rings is 1. The minimum Gasteiger partial charge on any atom is -0.504 e. The van der Waals surface area contributed by atoms with Gasteiger partial charge in [-0.25, -0.2) is 0 Å². The van der Waals surface area contributed by atoms with Gasteiger partial charge >= 0.3 is 5.97 Å². The van der Waals surface area contributed by atoms with E-state index in [1.165, 1.54) is 26.5 Å². The molecule has 3 aromatic rings. The van der Waals surface area contributed by atoms with Crippen LogP contribution >= 0.6 is 0 Å². The van der Waals surface area contributed by atoms with Crippen molar-refractivity contribution >= 4 is 28.2 Å². The summed E-state index contributed by atoms with van der Waals surface area (Å²) in [6.07, 6.45) is 2.23. The van der Waals surface area contributed by atoms with E-state index in [-0.39, 0.29) is 18.1 Å². The number of phenols is 1. The second-order valence-corrected chi connectivity index (χ2v) is 6.35. The molecule has 30 heavy (non-hydrogen) atoms. The van der Waals surface area contributed by atoms with E-state index >= 15 is 0 Å². The van der Waals surface area contributed by atoms with Gasteiger partial charge in [0.15, 0.2) is 11.5 Å². The van der Waals surface area contributed by atoms with E-state index in [2.05, 4.69) is 21.1 Å². The fourth-order valence-electron chi connectivity index (χ4n) is 2.92. The lowest BCUT2D eigenvalue weighted by Gasteiger charge is -2.16. The number of nitrogens with zero attached hydrogens (tertiary/aromatic N) is 2. The van der Waals surface area contributed by atoms with E-state index in [9.17, 15) is 15.2 Å². The van der Waals surface area contributed by atoms with Crippen molar-refractivity contribution in [2.24, 2.45) is 0 Å². The third-order valence-corrected chi connectivity index (χ3v) is 4.45. The first-order chi connectivity index (χ1) is 14.6. The van der Waals surface area contributed by atoms with Gasteiger partial charge in [0.25, 0.3) is 0 Å². The van der Waals surface area contributed by atoms with Gasteiger partial charge in [-0.05, 0) is 24.6 Å². The number of methoxy groups -OCH3 is 2. The van der Waals surface area contributed by atoms with Gasteiger partial charge < -0.3 is 24.6 Å². The number of aromatic hydroxyl groups is 1. The quantitative estimate of drug-likeness (QED) is 0.427. The number of benzene rings is 2. The van der Waals surface area contributed by atoms with Gasteiger partial charge in [-0.3, -0.25) is 9.78 Å². The minimum absolute atomic E-state index is 0.0581. The van der Waals surface area contributed by atoms with E-state index in [4.69, 9.17) is 9.47 Å². The lowest BCUT2D eigenvalue weighted by atomic mass is 10.1. The average Bonchev–Trinajstić information content (AvgIpc) is 2.77. The van der Waals surface area contributed by atoms with Gasteiger partial charge in [0.1, 0.15) is 11.8 Å². The second kappa shape index (κ2) is 9.47. The molecule has 0 aliphatic carbocycles. The number of carbonyl (C=O) groups is 1. The Bertz CT molecular complexity index is 1110. The molecule has 0 fully saturated rings. The zero-order chi connectivity index (χ0) is 21.5. The molecule has 154 valence electrons. The number of fused-ring (bicyclic) bond motifs is 1. The van der Waals surface area contributed by atoms with Crippen LogP contribution in [0.2, 0.25) is 0 Å². The van der Waals surface area contributed by atoms with Crippen LogP contribution in [-0.4, -0.2) is 36.9 Å². The van der Waals surface area contributed by atoms with E-state index in [1.807, 2.05) is 18.2 Å². The fourth-order valence-corrected chi connectivity index (χ4v) is 2.92. The lowest BCUT2D eigenvalue weighted by molar-refractivity contribution is -0.140. The molecule has 0 unspecified atom stereocenters. The molecule has 0 amide bonds. The monoisotopic (exact) mass is 407 g/mol. The van der Waals surface area contributed by atoms with Crippen molar-refractivity contribution < 1.29 is 24.1 Å². The molecule has 1 heterocycles. The zero-order valence-corrected chi connectivity index (χ0v) is 16.6. The summed E-state index contributed by atoms with van der Waals surface area (Å²) < 4.78 is 15.6. The van der Waals surface area contributed by atoms with E-state index in [1.54, 1.807) is 12.1 Å². The number of rotatable bonds is 8. The third kappa shape index (κ3) is 4.52. The summed E-state index contributed by atoms with van der Waals surface area (Å²) in [5, 5.41) is 23.5. The van der Waals surface area contributed by atoms with Crippen LogP contribution < -0.4 is 14.8 Å². The van der Waals surface area contributed by atoms with Crippen molar-refractivity contribution in [1.29, 1.82) is 5.26 Å². The largest absolute Gasteiger partial charge is 0.504 e. The Labute approximate surface area is 173 Å². The Morgan fingerprint density at radius 2 is 2.03 bits per heavy atom. The summed E-state index contributed by atoms with van der Waals surface area (Å²) >= 11 is 0. The Kier molecular flexibility index (Phi) is 6.55. The molecule has 2 aromatic carbocycles. The molecule has 8 nitrogen and oxygen atoms in total. The predicted octanol–water partition coefficient (Wildman–Crippen LogP) is 3.90. The standard InChI is InChI=1S/C22H21N3O5/c1-28-20-11-17-15(10-18(20)26)22(14(12-23)13-24-17)25-16-6-3-4-7-19(16)30-9-5-8-21(27)29-2/h3-4,6-7,10-11,13,26H,5,8-9H2,1-2H3,(H,24,25). The molecule has 0 radical (unpaired) electrons. The van der Waals surface area contributed by atoms with Crippen molar-refractivity contribution in [2.45, 2.75) is 12.8 Å². The molecular formula is C22H21N3O5. The van der Waals surface area contributed by atoms with Crippen molar-refractivity contribution in [1.82, 2.24) is 4.98 Å². The van der Waals surface area contributed by atoms with Gasteiger partial charge in [-0.15, -0.1) is 0 Å². The molecule has 0 aliphatic heterocycles. The minimum atomic E-state index is -0.290. The van der Waals surface area contributed by atoms with Crippen LogP contribution in [0.3, 0.4) is 0 Å². The number of carbonyl (C=O) groups excluding carboxylic acids is 1. The van der Waals surface area contributed by atoms with Crippen LogP contribution in [0.1, 0.15) is 18.4 Å². The molecule has 0 saturated carbocycles. The molecule has 0 saturated heterocycles. The number of hydrogen-bond acceptors (Lipinski definition) is 8. The summed E-state index contributed by atoms with van der Waals surface area (Å²) in [5.74, 6) is 0.508. The lowest BCUT2D eigenvalue weighted by Crippen LogP contribution is -2.06. The molecule has 8 heteroatoms. The number of aromatic nitrogens is 1. The number of para-hydroxylation sites is 2. The van der Waals surface area contributed by atoms with Gasteiger partial charge in [0, 0.05) is 24.1 Å². The SMILES string of the molecule is COC(=O)CCCOc1ccccc1Nc1c(C#N)cnc2cc(OC)c(O)cc12. The number of nitriles is 1. The highest BCUT2D eigenvalue weighted by Crippen LogP contribution is 2.37. The van der Waals surface area contributed by atoms with Gasteiger partial charge in [-0.2, -0.15) is 5.26 Å². The number of phenolic OH excluding ortho intramolecular Hbond substituents is 1. The van der Waals surface area contributed by atoms with Crippen LogP contribution in [-0.2, 0) is 9.53 Å². The molecule has 2 N–H and O–H groups in total. The maximum Gasteiger partial charge on any atom is 0.305 e. The number of ether oxygens (including phenoxy) is 3. The van der Waals surface area contributed by atoms with Gasteiger partial charge in [0.05, 0.1) is 43.3 Å². The maximum absolute atomic E-state index is 11.2. The fraction of sp³-hybridized carbons (Fsp3) is 0.227. The molecule has 0 bridgehead atoms. The van der Waals surface area contributed by atoms with Crippen molar-refractivity contribution in [2.75, 3.05) is 26.1 Å². The van der Waals surface area contributed by atoms with Crippen LogP contribution in [0.4, 0.5) is 11.4 Å². The first kappa shape index (κ1) is 20.7. The van der Waals surface area contributed by atoms with Crippen LogP contribution in [0.25, 0.3) is 10.9 Å². The topological polar surface area (TPSA) is 114 Å². The van der Waals surface area contributed by atoms with E-state index in [0.29, 0.717) is 52.4 Å². The summed E-state index contributed by atoms with van der Waals surface area (Å²) in [7, 11) is 2.80. The summed E-state index contributed by atoms with van der Waals surface area (Å²) in [5.41, 5.74) is 2.00. The van der Waals surface area contributed by atoms with E-state index < -0.39 is 0 Å². The van der Waals surface area contributed by atoms with Crippen LogP contribution in [0, 0.1) is 11.3 Å². The van der Waals surface area contributed by atoms with Crippen molar-refractivity contribution in [3.63, 3.8) is 0 Å². The Morgan fingerprint density at radius 1 is 1.23 bits per heavy atom. The Morgan fingerprint density at radius 3 is 2.77 bits per heavy atom. The molecule has 0 aliphatic rings. The highest BCUT2D eigenvalue weighted by atomic mass is 16.5. The molecule has 0 atom stereocenters. The number of nitrogens with one attached hydrogen (secondary N) is 1. The first-order valence-corrected chi connectivity index (χ1v) is 9.22. The highest BCUT2D eigenvalue weighted by molar-refractivity contribution is 5.98. The zero-order valence-electron chi connectivity index (χ0n) is 16.6. The van der Waals surface area contributed by atoms with Crippen molar-refractivity contribution in [3.8, 4) is 23.3 Å². The van der Waals surface area contributed by atoms with Gasteiger partial charge in [0.2, 0.25) is 0 Å². The second-order valence-electron chi connectivity index (χ2n) is 6.35. The van der Waals surface area contributed by atoms with Crippen molar-refractivity contribution in [3.05, 3.63) is 48.2 Å². The Balaban J connectivity index is 1.92. The number of hydrogen-bond donors (Lipinski definition) is 2. The van der Waals surface area contributed by atoms with E-state index in [0.717, 1.165) is 0 Å². The summed E-state index contributed by atoms with van der Waals surface area (Å²) in [6.45, 7) is 0.327. The summed E-state index contributed by atoms with van der Waals surface area (Å²) in [6, 6.07) is 12.5. The highest BCUT2D eigenvalue weighted by Gasteiger charge is 2.15. The molecular weight excluding hydrogens is 386 g/mol. The smallest absolute Gasteiger partial charge is 0.305 e. The van der Waals surface area contributed by atoms with Crippen LogP contribution in [0.15, 0.2) is 42.6 Å². The Hall–Kier alpha value is -3.99. The first-order valence-electron chi connectivity index (χ1n) is 9.22. The normalized spacial score (nSPS) is 10.3. The maximum atomic E-state index is 11.2. The number of anilines is 2. The van der Waals surface area contributed by atoms with Crippen LogP contribution in [0.5, 0.6) is 17.2 Å². The number of esters is 1. The average molecular weight is 407 g/mol. The molecule has 1 aromatic heterocycles. The van der Waals surface area contributed by atoms with Gasteiger partial charge in [-0.1, -0.05) is 12.1 Å². The summed E-state index contributed by atoms with van der Waals surface area (Å²) in [4.78, 5) is 15.5. The predicted molar refractivity (Wildman–Crippen MR) is 111 cm³/mol. The molecule has 0 spiro atoms.